The van der Waals surface area contributed by atoms with Crippen LogP contribution in [-0.2, 0) is 9.84 Å². The van der Waals surface area contributed by atoms with Crippen molar-refractivity contribution >= 4 is 15.9 Å². The van der Waals surface area contributed by atoms with Gasteiger partial charge in [-0.2, -0.15) is 0 Å². The van der Waals surface area contributed by atoms with E-state index in [-0.39, 0.29) is 23.6 Å². The second kappa shape index (κ2) is 4.63. The summed E-state index contributed by atoms with van der Waals surface area (Å²) in [5, 5.41) is 5.28. The Morgan fingerprint density at radius 1 is 1.50 bits per heavy atom. The second-order valence-corrected chi connectivity index (χ2v) is 5.73. The maximum absolute atomic E-state index is 11.2. The molecule has 0 aromatic rings. The van der Waals surface area contributed by atoms with Crippen LogP contribution in [0.15, 0.2) is 0 Å². The molecule has 14 heavy (non-hydrogen) atoms. The first kappa shape index (κ1) is 11.3. The minimum Gasteiger partial charge on any atom is -0.338 e. The molecule has 1 fully saturated rings. The number of carbonyl (C=O) groups is 1. The highest BCUT2D eigenvalue weighted by atomic mass is 32.2. The number of hydrogen-bond acceptors (Lipinski definition) is 3. The third kappa shape index (κ3) is 3.53. The Labute approximate surface area is 84.2 Å². The quantitative estimate of drug-likeness (QED) is 0.696. The summed E-state index contributed by atoms with van der Waals surface area (Å²) in [5.74, 6) is 0.262. The molecule has 1 heterocycles. The number of amides is 2. The van der Waals surface area contributed by atoms with E-state index >= 15 is 0 Å². The molecular weight excluding hydrogens is 204 g/mol. The molecule has 82 valence electrons. The summed E-state index contributed by atoms with van der Waals surface area (Å²) < 4.78 is 22.1. The normalized spacial score (nSPS) is 24.5. The first-order valence-electron chi connectivity index (χ1n) is 4.78. The van der Waals surface area contributed by atoms with Crippen molar-refractivity contribution in [2.75, 3.05) is 18.1 Å². The van der Waals surface area contributed by atoms with E-state index in [1.165, 1.54) is 0 Å². The van der Waals surface area contributed by atoms with E-state index in [4.69, 9.17) is 0 Å². The molecule has 0 bridgehead atoms. The first-order valence-corrected chi connectivity index (χ1v) is 6.60. The zero-order chi connectivity index (χ0) is 10.6. The van der Waals surface area contributed by atoms with Crippen molar-refractivity contribution in [3.63, 3.8) is 0 Å². The molecule has 1 aliphatic heterocycles. The lowest BCUT2D eigenvalue weighted by Gasteiger charge is -2.11. The fourth-order valence-corrected chi connectivity index (χ4v) is 3.06. The molecular formula is C8H16N2O3S. The van der Waals surface area contributed by atoms with Crippen LogP contribution in [0, 0.1) is 0 Å². The first-order chi connectivity index (χ1) is 6.53. The molecule has 1 unspecified atom stereocenters. The molecule has 2 amide bonds. The summed E-state index contributed by atoms with van der Waals surface area (Å²) in [6.07, 6.45) is 1.40. The second-order valence-electron chi connectivity index (χ2n) is 3.50. The van der Waals surface area contributed by atoms with Crippen LogP contribution in [0.1, 0.15) is 19.8 Å². The van der Waals surface area contributed by atoms with Crippen LogP contribution < -0.4 is 10.6 Å². The molecule has 0 spiro atoms. The number of nitrogens with one attached hydrogen (secondary N) is 2. The number of hydrogen-bond donors (Lipinski definition) is 2. The van der Waals surface area contributed by atoms with Crippen molar-refractivity contribution in [3.05, 3.63) is 0 Å². The number of urea groups is 1. The van der Waals surface area contributed by atoms with Crippen LogP contribution in [0.5, 0.6) is 0 Å². The van der Waals surface area contributed by atoms with Crippen LogP contribution in [-0.4, -0.2) is 38.5 Å². The summed E-state index contributed by atoms with van der Waals surface area (Å²) in [6.45, 7) is 2.58. The molecule has 0 aromatic heterocycles. The van der Waals surface area contributed by atoms with Gasteiger partial charge >= 0.3 is 6.03 Å². The van der Waals surface area contributed by atoms with E-state index in [1.807, 2.05) is 6.92 Å². The monoisotopic (exact) mass is 220 g/mol. The molecule has 1 aliphatic rings. The highest BCUT2D eigenvalue weighted by Crippen LogP contribution is 2.10. The van der Waals surface area contributed by atoms with Crippen molar-refractivity contribution < 1.29 is 13.2 Å². The van der Waals surface area contributed by atoms with Gasteiger partial charge in [0.15, 0.2) is 9.84 Å². The van der Waals surface area contributed by atoms with E-state index < -0.39 is 9.84 Å². The molecule has 1 saturated heterocycles. The summed E-state index contributed by atoms with van der Waals surface area (Å²) in [7, 11) is -2.90. The molecule has 2 N–H and O–H groups in total. The van der Waals surface area contributed by atoms with Crippen molar-refractivity contribution in [1.29, 1.82) is 0 Å². The topological polar surface area (TPSA) is 75.3 Å². The zero-order valence-electron chi connectivity index (χ0n) is 8.25. The smallest absolute Gasteiger partial charge is 0.315 e. The van der Waals surface area contributed by atoms with Crippen LogP contribution in [0.2, 0.25) is 0 Å². The number of rotatable bonds is 3. The van der Waals surface area contributed by atoms with Gasteiger partial charge in [-0.05, 0) is 12.8 Å². The fraction of sp³-hybridized carbons (Fsp3) is 0.875. The Hall–Kier alpha value is -0.780. The van der Waals surface area contributed by atoms with Gasteiger partial charge in [-0.15, -0.1) is 0 Å². The molecule has 1 rings (SSSR count). The lowest BCUT2D eigenvalue weighted by molar-refractivity contribution is 0.238. The maximum Gasteiger partial charge on any atom is 0.315 e. The van der Waals surface area contributed by atoms with E-state index in [0.717, 1.165) is 6.42 Å². The maximum atomic E-state index is 11.2. The largest absolute Gasteiger partial charge is 0.338 e. The Kier molecular flexibility index (Phi) is 3.74. The van der Waals surface area contributed by atoms with Gasteiger partial charge in [0.25, 0.3) is 0 Å². The zero-order valence-corrected chi connectivity index (χ0v) is 9.06. The van der Waals surface area contributed by atoms with Crippen LogP contribution in [0.25, 0.3) is 0 Å². The third-order valence-corrected chi connectivity index (χ3v) is 3.87. The van der Waals surface area contributed by atoms with Crippen molar-refractivity contribution in [2.24, 2.45) is 0 Å². The molecule has 1 atom stereocenters. The lowest BCUT2D eigenvalue weighted by Crippen LogP contribution is -2.42. The summed E-state index contributed by atoms with van der Waals surface area (Å²) in [6, 6.07) is -0.481. The van der Waals surface area contributed by atoms with E-state index in [0.29, 0.717) is 13.0 Å². The van der Waals surface area contributed by atoms with E-state index in [1.54, 1.807) is 0 Å². The number of carbonyl (C=O) groups excluding carboxylic acids is 1. The van der Waals surface area contributed by atoms with Gasteiger partial charge in [-0.3, -0.25) is 0 Å². The standard InChI is InChI=1S/C8H16N2O3S/c1-2-4-9-8(11)10-7-3-5-14(12,13)6-7/h7H,2-6H2,1H3,(H2,9,10,11). The van der Waals surface area contributed by atoms with Gasteiger partial charge in [0.2, 0.25) is 0 Å². The SMILES string of the molecule is CCCNC(=O)NC1CCS(=O)(=O)C1. The van der Waals surface area contributed by atoms with Crippen molar-refractivity contribution in [3.8, 4) is 0 Å². The highest BCUT2D eigenvalue weighted by molar-refractivity contribution is 7.91. The van der Waals surface area contributed by atoms with Gasteiger partial charge in [-0.1, -0.05) is 6.92 Å². The lowest BCUT2D eigenvalue weighted by atomic mass is 10.3. The molecule has 0 saturated carbocycles. The summed E-state index contributed by atoms with van der Waals surface area (Å²) >= 11 is 0. The average Bonchev–Trinajstić information content (AvgIpc) is 2.42. The van der Waals surface area contributed by atoms with Crippen LogP contribution in [0.4, 0.5) is 4.79 Å². The van der Waals surface area contributed by atoms with Gasteiger partial charge in [0.05, 0.1) is 11.5 Å². The Bertz CT molecular complexity index is 300. The molecule has 0 aromatic carbocycles. The van der Waals surface area contributed by atoms with Gasteiger partial charge in [-0.25, -0.2) is 13.2 Å². The molecule has 6 heteroatoms. The van der Waals surface area contributed by atoms with Gasteiger partial charge < -0.3 is 10.6 Å². The fourth-order valence-electron chi connectivity index (χ4n) is 1.38. The van der Waals surface area contributed by atoms with E-state index in [9.17, 15) is 13.2 Å². The Morgan fingerprint density at radius 3 is 2.71 bits per heavy atom. The highest BCUT2D eigenvalue weighted by Gasteiger charge is 2.28. The van der Waals surface area contributed by atoms with Crippen molar-refractivity contribution in [2.45, 2.75) is 25.8 Å². The molecule has 5 nitrogen and oxygen atoms in total. The predicted octanol–water partition coefficient (Wildman–Crippen LogP) is -0.117. The van der Waals surface area contributed by atoms with Crippen molar-refractivity contribution in [1.82, 2.24) is 10.6 Å². The van der Waals surface area contributed by atoms with E-state index in [2.05, 4.69) is 10.6 Å². The van der Waals surface area contributed by atoms with Crippen LogP contribution >= 0.6 is 0 Å². The Morgan fingerprint density at radius 2 is 2.21 bits per heavy atom. The minimum absolute atomic E-state index is 0.0759. The molecule has 0 radical (unpaired) electrons. The predicted molar refractivity (Wildman–Crippen MR) is 53.9 cm³/mol. The van der Waals surface area contributed by atoms with Gasteiger partial charge in [0, 0.05) is 12.6 Å². The van der Waals surface area contributed by atoms with Gasteiger partial charge in [0.1, 0.15) is 0 Å². The van der Waals surface area contributed by atoms with Crippen LogP contribution in [0.3, 0.4) is 0 Å². The Balaban J connectivity index is 2.29. The molecule has 0 aliphatic carbocycles. The summed E-state index contributed by atoms with van der Waals surface area (Å²) in [4.78, 5) is 11.2. The third-order valence-electron chi connectivity index (χ3n) is 2.10. The number of sulfone groups is 1. The average molecular weight is 220 g/mol. The minimum atomic E-state index is -2.90. The summed E-state index contributed by atoms with van der Waals surface area (Å²) in [5.41, 5.74) is 0.